The van der Waals surface area contributed by atoms with Crippen LogP contribution in [0.25, 0.3) is 0 Å². The van der Waals surface area contributed by atoms with Crippen LogP contribution in [-0.2, 0) is 14.8 Å². The van der Waals surface area contributed by atoms with Crippen LogP contribution in [0, 0.1) is 0 Å². The van der Waals surface area contributed by atoms with Gasteiger partial charge in [0.2, 0.25) is 10.0 Å². The van der Waals surface area contributed by atoms with Gasteiger partial charge in [-0.2, -0.15) is 0 Å². The topological polar surface area (TPSA) is 105 Å². The van der Waals surface area contributed by atoms with Crippen LogP contribution < -0.4 is 19.7 Å². The zero-order chi connectivity index (χ0) is 23.2. The van der Waals surface area contributed by atoms with Crippen molar-refractivity contribution in [3.63, 3.8) is 0 Å². The summed E-state index contributed by atoms with van der Waals surface area (Å²) >= 11 is 0. The van der Waals surface area contributed by atoms with Gasteiger partial charge < -0.3 is 15.4 Å². The van der Waals surface area contributed by atoms with Crippen molar-refractivity contribution >= 4 is 33.2 Å². The number of amides is 2. The summed E-state index contributed by atoms with van der Waals surface area (Å²) in [6, 6.07) is 13.2. The summed E-state index contributed by atoms with van der Waals surface area (Å²) in [5.41, 5.74) is 1.25. The highest BCUT2D eigenvalue weighted by Gasteiger charge is 2.19. The fraction of sp³-hybridized carbons (Fsp3) is 0.364. The molecule has 0 heterocycles. The molecule has 0 saturated carbocycles. The second kappa shape index (κ2) is 10.3. The molecule has 2 amide bonds. The van der Waals surface area contributed by atoms with E-state index < -0.39 is 22.0 Å². The lowest BCUT2D eigenvalue weighted by molar-refractivity contribution is -0.122. The minimum absolute atomic E-state index is 0.0169. The summed E-state index contributed by atoms with van der Waals surface area (Å²) < 4.78 is 30.1. The standard InChI is InChI=1S/C22H29N3O5S/c1-6-15(2)23-22(27)19-9-7-8-10-20(19)24-21(26)16(3)30-18-13-11-17(12-14-18)25(4)31(5,28)29/h7-16H,6H2,1-5H3,(H,23,27)(H,24,26)/t15-,16-/m1/s1. The number of carbonyl (C=O) groups is 2. The van der Waals surface area contributed by atoms with Crippen molar-refractivity contribution in [3.8, 4) is 5.75 Å². The van der Waals surface area contributed by atoms with Crippen molar-refractivity contribution in [1.29, 1.82) is 0 Å². The van der Waals surface area contributed by atoms with E-state index in [4.69, 9.17) is 4.74 Å². The molecule has 2 aromatic carbocycles. The van der Waals surface area contributed by atoms with Gasteiger partial charge in [0.05, 0.1) is 23.2 Å². The highest BCUT2D eigenvalue weighted by atomic mass is 32.2. The lowest BCUT2D eigenvalue weighted by Gasteiger charge is -2.19. The Morgan fingerprint density at radius 1 is 1.06 bits per heavy atom. The predicted molar refractivity (Wildman–Crippen MR) is 122 cm³/mol. The summed E-state index contributed by atoms with van der Waals surface area (Å²) in [6.45, 7) is 5.48. The van der Waals surface area contributed by atoms with E-state index in [-0.39, 0.29) is 11.9 Å². The molecule has 9 heteroatoms. The number of carbonyl (C=O) groups excluding carboxylic acids is 2. The van der Waals surface area contributed by atoms with Crippen molar-refractivity contribution in [3.05, 3.63) is 54.1 Å². The molecule has 0 unspecified atom stereocenters. The van der Waals surface area contributed by atoms with Crippen molar-refractivity contribution < 1.29 is 22.7 Å². The molecule has 0 aliphatic carbocycles. The van der Waals surface area contributed by atoms with E-state index in [0.717, 1.165) is 17.0 Å². The van der Waals surface area contributed by atoms with Gasteiger partial charge in [-0.3, -0.25) is 13.9 Å². The number of anilines is 2. The molecule has 0 aromatic heterocycles. The molecule has 2 aromatic rings. The fourth-order valence-electron chi connectivity index (χ4n) is 2.61. The summed E-state index contributed by atoms with van der Waals surface area (Å²) in [5, 5.41) is 5.63. The van der Waals surface area contributed by atoms with Crippen LogP contribution in [0.15, 0.2) is 48.5 Å². The van der Waals surface area contributed by atoms with Crippen LogP contribution >= 0.6 is 0 Å². The Hall–Kier alpha value is -3.07. The Morgan fingerprint density at radius 3 is 2.26 bits per heavy atom. The average Bonchev–Trinajstić information content (AvgIpc) is 2.73. The molecular formula is C22H29N3O5S. The minimum Gasteiger partial charge on any atom is -0.481 e. The Labute approximate surface area is 183 Å². The fourth-order valence-corrected chi connectivity index (χ4v) is 3.12. The normalized spacial score (nSPS) is 13.1. The zero-order valence-electron chi connectivity index (χ0n) is 18.4. The van der Waals surface area contributed by atoms with Crippen molar-refractivity contribution in [2.45, 2.75) is 39.3 Å². The van der Waals surface area contributed by atoms with Gasteiger partial charge in [-0.1, -0.05) is 19.1 Å². The number of ether oxygens (including phenoxy) is 1. The number of sulfonamides is 1. The zero-order valence-corrected chi connectivity index (χ0v) is 19.2. The number of benzene rings is 2. The van der Waals surface area contributed by atoms with E-state index in [1.54, 1.807) is 55.5 Å². The Morgan fingerprint density at radius 2 is 1.68 bits per heavy atom. The Kier molecular flexibility index (Phi) is 8.04. The van der Waals surface area contributed by atoms with Gasteiger partial charge in [-0.05, 0) is 56.7 Å². The molecule has 2 N–H and O–H groups in total. The Bertz CT molecular complexity index is 1020. The molecule has 0 bridgehead atoms. The molecule has 8 nitrogen and oxygen atoms in total. The first-order chi connectivity index (χ1) is 14.5. The molecule has 31 heavy (non-hydrogen) atoms. The molecule has 2 atom stereocenters. The maximum atomic E-state index is 12.6. The van der Waals surface area contributed by atoms with Gasteiger partial charge in [0.25, 0.3) is 11.8 Å². The van der Waals surface area contributed by atoms with E-state index in [9.17, 15) is 18.0 Å². The highest BCUT2D eigenvalue weighted by Crippen LogP contribution is 2.22. The lowest BCUT2D eigenvalue weighted by Crippen LogP contribution is -2.34. The van der Waals surface area contributed by atoms with Crippen LogP contribution in [0.1, 0.15) is 37.6 Å². The largest absolute Gasteiger partial charge is 0.481 e. The lowest BCUT2D eigenvalue weighted by atomic mass is 10.1. The van der Waals surface area contributed by atoms with E-state index >= 15 is 0 Å². The maximum absolute atomic E-state index is 12.6. The third-order valence-electron chi connectivity index (χ3n) is 4.80. The van der Waals surface area contributed by atoms with Crippen LogP contribution in [0.4, 0.5) is 11.4 Å². The monoisotopic (exact) mass is 447 g/mol. The smallest absolute Gasteiger partial charge is 0.265 e. The second-order valence-electron chi connectivity index (χ2n) is 7.30. The van der Waals surface area contributed by atoms with E-state index in [0.29, 0.717) is 22.7 Å². The SMILES string of the molecule is CC[C@@H](C)NC(=O)c1ccccc1NC(=O)[C@@H](C)Oc1ccc(N(C)S(C)(=O)=O)cc1. The van der Waals surface area contributed by atoms with E-state index in [1.807, 2.05) is 13.8 Å². The third-order valence-corrected chi connectivity index (χ3v) is 6.01. The van der Waals surface area contributed by atoms with Crippen molar-refractivity contribution in [2.75, 3.05) is 22.9 Å². The summed E-state index contributed by atoms with van der Waals surface area (Å²) in [4.78, 5) is 25.1. The molecule has 0 spiro atoms. The highest BCUT2D eigenvalue weighted by molar-refractivity contribution is 7.92. The van der Waals surface area contributed by atoms with E-state index in [1.165, 1.54) is 7.05 Å². The first kappa shape index (κ1) is 24.2. The van der Waals surface area contributed by atoms with Gasteiger partial charge in [-0.25, -0.2) is 8.42 Å². The molecule has 2 rings (SSSR count). The first-order valence-electron chi connectivity index (χ1n) is 9.94. The van der Waals surface area contributed by atoms with Crippen molar-refractivity contribution in [1.82, 2.24) is 5.32 Å². The van der Waals surface area contributed by atoms with Gasteiger partial charge in [0, 0.05) is 13.1 Å². The first-order valence-corrected chi connectivity index (χ1v) is 11.8. The number of hydrogen-bond donors (Lipinski definition) is 2. The molecule has 0 aliphatic heterocycles. The molecular weight excluding hydrogens is 418 g/mol. The number of rotatable bonds is 9. The van der Waals surface area contributed by atoms with Gasteiger partial charge in [0.1, 0.15) is 5.75 Å². The molecule has 0 aliphatic rings. The van der Waals surface area contributed by atoms with Crippen molar-refractivity contribution in [2.24, 2.45) is 0 Å². The van der Waals surface area contributed by atoms with Crippen LogP contribution in [0.5, 0.6) is 5.75 Å². The quantitative estimate of drug-likeness (QED) is 0.615. The second-order valence-corrected chi connectivity index (χ2v) is 9.32. The summed E-state index contributed by atoms with van der Waals surface area (Å²) in [7, 11) is -1.91. The average molecular weight is 448 g/mol. The number of nitrogens with zero attached hydrogens (tertiary/aromatic N) is 1. The van der Waals surface area contributed by atoms with Gasteiger partial charge >= 0.3 is 0 Å². The molecule has 0 saturated heterocycles. The third kappa shape index (κ3) is 6.71. The number of para-hydroxylation sites is 1. The molecule has 168 valence electrons. The summed E-state index contributed by atoms with van der Waals surface area (Å²) in [5.74, 6) is -0.262. The Balaban J connectivity index is 2.06. The molecule has 0 fully saturated rings. The predicted octanol–water partition coefficient (Wildman–Crippen LogP) is 3.02. The number of hydrogen-bond acceptors (Lipinski definition) is 5. The summed E-state index contributed by atoms with van der Waals surface area (Å²) in [6.07, 6.45) is 1.07. The van der Waals surface area contributed by atoms with Gasteiger partial charge in [0.15, 0.2) is 6.10 Å². The van der Waals surface area contributed by atoms with E-state index in [2.05, 4.69) is 10.6 Å². The van der Waals surface area contributed by atoms with Crippen LogP contribution in [-0.4, -0.2) is 45.7 Å². The van der Waals surface area contributed by atoms with Gasteiger partial charge in [-0.15, -0.1) is 0 Å². The maximum Gasteiger partial charge on any atom is 0.265 e. The van der Waals surface area contributed by atoms with Crippen LogP contribution in [0.2, 0.25) is 0 Å². The molecule has 0 radical (unpaired) electrons. The minimum atomic E-state index is -3.36. The number of nitrogens with one attached hydrogen (secondary N) is 2. The van der Waals surface area contributed by atoms with Crippen LogP contribution in [0.3, 0.4) is 0 Å².